The Balaban J connectivity index is 2.00. The van der Waals surface area contributed by atoms with E-state index in [0.29, 0.717) is 28.1 Å². The number of hydrogen-bond donors (Lipinski definition) is 1. The first-order chi connectivity index (χ1) is 12.4. The highest BCUT2D eigenvalue weighted by Gasteiger charge is 2.49. The smallest absolute Gasteiger partial charge is 0.332 e. The molecule has 3 aromatic rings. The van der Waals surface area contributed by atoms with Crippen LogP contribution >= 0.6 is 0 Å². The van der Waals surface area contributed by atoms with Gasteiger partial charge in [-0.25, -0.2) is 18.9 Å². The van der Waals surface area contributed by atoms with Crippen LogP contribution in [0.1, 0.15) is 22.9 Å². The molecule has 0 saturated heterocycles. The highest BCUT2D eigenvalue weighted by molar-refractivity contribution is 5.90. The van der Waals surface area contributed by atoms with Crippen LogP contribution in [0.15, 0.2) is 52.9 Å². The number of aryl methyl sites for hydroxylation is 2. The lowest BCUT2D eigenvalue weighted by Gasteiger charge is -2.34. The van der Waals surface area contributed by atoms with Gasteiger partial charge in [-0.1, -0.05) is 17.3 Å². The molecular weight excluding hydrogens is 339 g/mol. The van der Waals surface area contributed by atoms with E-state index in [0.717, 1.165) is 4.68 Å². The molecule has 0 amide bonds. The van der Waals surface area contributed by atoms with E-state index in [-0.39, 0.29) is 5.57 Å². The van der Waals surface area contributed by atoms with Gasteiger partial charge in [0.1, 0.15) is 5.76 Å². The quantitative estimate of drug-likeness (QED) is 0.777. The van der Waals surface area contributed by atoms with Gasteiger partial charge in [-0.05, 0) is 32.1 Å². The lowest BCUT2D eigenvalue weighted by Crippen LogP contribution is -2.39. The van der Waals surface area contributed by atoms with Gasteiger partial charge in [0.05, 0.1) is 23.4 Å². The molecule has 0 radical (unpaired) electrons. The van der Waals surface area contributed by atoms with E-state index in [1.807, 2.05) is 0 Å². The van der Waals surface area contributed by atoms with Crippen molar-refractivity contribution in [2.45, 2.75) is 25.6 Å². The maximum atomic E-state index is 16.5. The van der Waals surface area contributed by atoms with Gasteiger partial charge < -0.3 is 9.63 Å². The Hall–Kier alpha value is -3.29. The number of carbonyl (C=O) groups is 1. The summed E-state index contributed by atoms with van der Waals surface area (Å²) in [5, 5.41) is 18.3. The standard InChI is InChI=1S/C18H15FN4O3/c1-10-14(11(2)26-22-10)15-13(17(24)25)6-3-7-18(15,19)23-16-12(9-21-23)5-4-8-20-16/h3-9,15H,1-2H3,(H,24,25). The van der Waals surface area contributed by atoms with Gasteiger partial charge in [0.25, 0.3) is 0 Å². The molecule has 7 nitrogen and oxygen atoms in total. The molecule has 0 spiro atoms. The van der Waals surface area contributed by atoms with Crippen molar-refractivity contribution >= 4 is 17.0 Å². The summed E-state index contributed by atoms with van der Waals surface area (Å²) in [7, 11) is 0. The van der Waals surface area contributed by atoms with Crippen molar-refractivity contribution in [2.75, 3.05) is 0 Å². The number of aromatic nitrogens is 4. The van der Waals surface area contributed by atoms with Crippen LogP contribution in [0.5, 0.6) is 0 Å². The molecule has 3 heterocycles. The maximum absolute atomic E-state index is 16.5. The fourth-order valence-electron chi connectivity index (χ4n) is 3.46. The summed E-state index contributed by atoms with van der Waals surface area (Å²) < 4.78 is 22.8. The van der Waals surface area contributed by atoms with Gasteiger partial charge in [0.2, 0.25) is 5.79 Å². The number of hydrogen-bond acceptors (Lipinski definition) is 5. The number of allylic oxidation sites excluding steroid dienone is 3. The number of aliphatic carboxylic acids is 1. The summed E-state index contributed by atoms with van der Waals surface area (Å²) in [4.78, 5) is 16.1. The van der Waals surface area contributed by atoms with Crippen molar-refractivity contribution in [3.8, 4) is 0 Å². The first-order valence-electron chi connectivity index (χ1n) is 7.97. The topological polar surface area (TPSA) is 94.0 Å². The average Bonchev–Trinajstić information content (AvgIpc) is 3.19. The normalized spacial score (nSPS) is 22.6. The zero-order valence-corrected chi connectivity index (χ0v) is 14.0. The zero-order chi connectivity index (χ0) is 18.5. The van der Waals surface area contributed by atoms with Crippen LogP contribution in [0.2, 0.25) is 0 Å². The molecule has 8 heteroatoms. The summed E-state index contributed by atoms with van der Waals surface area (Å²) in [5.74, 6) is -4.31. The summed E-state index contributed by atoms with van der Waals surface area (Å²) in [6.07, 6.45) is 7.09. The van der Waals surface area contributed by atoms with Gasteiger partial charge >= 0.3 is 5.97 Å². The van der Waals surface area contributed by atoms with E-state index in [9.17, 15) is 9.90 Å². The minimum Gasteiger partial charge on any atom is -0.478 e. The first kappa shape index (κ1) is 16.2. The van der Waals surface area contributed by atoms with Crippen LogP contribution in [0, 0.1) is 13.8 Å². The molecular formula is C18H15FN4O3. The molecule has 0 aromatic carbocycles. The van der Waals surface area contributed by atoms with E-state index < -0.39 is 17.7 Å². The summed E-state index contributed by atoms with van der Waals surface area (Å²) in [6, 6.07) is 3.49. The van der Waals surface area contributed by atoms with Crippen LogP contribution < -0.4 is 0 Å². The second-order valence-corrected chi connectivity index (χ2v) is 6.16. The molecule has 0 aliphatic heterocycles. The van der Waals surface area contributed by atoms with Crippen molar-refractivity contribution in [2.24, 2.45) is 0 Å². The van der Waals surface area contributed by atoms with E-state index in [4.69, 9.17) is 4.52 Å². The number of carboxylic acid groups (broad SMARTS) is 1. The second kappa shape index (κ2) is 5.62. The average molecular weight is 354 g/mol. The van der Waals surface area contributed by atoms with Gasteiger partial charge in [-0.2, -0.15) is 5.10 Å². The summed E-state index contributed by atoms with van der Waals surface area (Å²) >= 11 is 0. The monoisotopic (exact) mass is 354 g/mol. The predicted octanol–water partition coefficient (Wildman–Crippen LogP) is 3.02. The van der Waals surface area contributed by atoms with Gasteiger partial charge in [0, 0.05) is 17.1 Å². The lowest BCUT2D eigenvalue weighted by atomic mass is 9.79. The third-order valence-electron chi connectivity index (χ3n) is 4.60. The number of alkyl halides is 1. The molecule has 1 aliphatic rings. The van der Waals surface area contributed by atoms with Crippen molar-refractivity contribution < 1.29 is 18.8 Å². The van der Waals surface area contributed by atoms with Crippen LogP contribution in [-0.2, 0) is 10.6 Å². The van der Waals surface area contributed by atoms with Crippen molar-refractivity contribution in [3.63, 3.8) is 0 Å². The highest BCUT2D eigenvalue weighted by atomic mass is 19.1. The highest BCUT2D eigenvalue weighted by Crippen LogP contribution is 2.47. The Morgan fingerprint density at radius 2 is 2.23 bits per heavy atom. The van der Waals surface area contributed by atoms with Gasteiger partial charge in [-0.15, -0.1) is 0 Å². The minimum absolute atomic E-state index is 0.107. The number of carboxylic acids is 1. The SMILES string of the molecule is Cc1noc(C)c1C1C(C(=O)O)=CC=CC1(F)n1ncc2cccnc21. The van der Waals surface area contributed by atoms with Crippen LogP contribution in [-0.4, -0.2) is 31.0 Å². The lowest BCUT2D eigenvalue weighted by molar-refractivity contribution is -0.133. The number of pyridine rings is 1. The fourth-order valence-corrected chi connectivity index (χ4v) is 3.46. The largest absolute Gasteiger partial charge is 0.478 e. The molecule has 0 bridgehead atoms. The summed E-state index contributed by atoms with van der Waals surface area (Å²) in [6.45, 7) is 3.29. The van der Waals surface area contributed by atoms with E-state index in [2.05, 4.69) is 15.2 Å². The Morgan fingerprint density at radius 3 is 2.92 bits per heavy atom. The minimum atomic E-state index is -2.28. The van der Waals surface area contributed by atoms with E-state index in [1.54, 1.807) is 26.0 Å². The Bertz CT molecular complexity index is 1060. The molecule has 1 N–H and O–H groups in total. The molecule has 4 rings (SSSR count). The number of rotatable bonds is 3. The molecule has 132 valence electrons. The predicted molar refractivity (Wildman–Crippen MR) is 90.2 cm³/mol. The van der Waals surface area contributed by atoms with E-state index in [1.165, 1.54) is 30.6 Å². The van der Waals surface area contributed by atoms with Crippen molar-refractivity contribution in [1.29, 1.82) is 0 Å². The number of halogens is 1. The second-order valence-electron chi connectivity index (χ2n) is 6.16. The van der Waals surface area contributed by atoms with Crippen molar-refractivity contribution in [1.82, 2.24) is 19.9 Å². The van der Waals surface area contributed by atoms with E-state index >= 15 is 4.39 Å². The molecule has 2 atom stereocenters. The molecule has 3 aromatic heterocycles. The third kappa shape index (κ3) is 2.18. The molecule has 26 heavy (non-hydrogen) atoms. The van der Waals surface area contributed by atoms with Crippen LogP contribution in [0.4, 0.5) is 4.39 Å². The number of fused-ring (bicyclic) bond motifs is 1. The Morgan fingerprint density at radius 1 is 1.42 bits per heavy atom. The fraction of sp³-hybridized carbons (Fsp3) is 0.222. The molecule has 0 fully saturated rings. The Kier molecular flexibility index (Phi) is 3.50. The molecule has 0 saturated carbocycles. The third-order valence-corrected chi connectivity index (χ3v) is 4.60. The number of nitrogens with zero attached hydrogens (tertiary/aromatic N) is 4. The maximum Gasteiger partial charge on any atom is 0.332 e. The summed E-state index contributed by atoms with van der Waals surface area (Å²) in [5.41, 5.74) is 1.04. The Labute approximate surface area is 147 Å². The molecule has 2 unspecified atom stereocenters. The molecule has 1 aliphatic carbocycles. The van der Waals surface area contributed by atoms with Gasteiger partial charge in [0.15, 0.2) is 5.65 Å². The van der Waals surface area contributed by atoms with Gasteiger partial charge in [-0.3, -0.25) is 0 Å². The first-order valence-corrected chi connectivity index (χ1v) is 7.97. The van der Waals surface area contributed by atoms with Crippen molar-refractivity contribution in [3.05, 3.63) is 65.3 Å². The van der Waals surface area contributed by atoms with Crippen LogP contribution in [0.25, 0.3) is 11.0 Å². The van der Waals surface area contributed by atoms with Crippen LogP contribution in [0.3, 0.4) is 0 Å². The zero-order valence-electron chi connectivity index (χ0n) is 14.0.